The molecule has 0 saturated heterocycles. The van der Waals surface area contributed by atoms with Crippen molar-refractivity contribution in [3.63, 3.8) is 0 Å². The Labute approximate surface area is 130 Å². The van der Waals surface area contributed by atoms with Gasteiger partial charge in [0.25, 0.3) is 0 Å². The minimum absolute atomic E-state index is 0.0391. The highest BCUT2D eigenvalue weighted by Crippen LogP contribution is 2.33. The maximum absolute atomic E-state index is 6.16. The van der Waals surface area contributed by atoms with Crippen molar-refractivity contribution in [2.45, 2.75) is 26.3 Å². The predicted octanol–water partition coefficient (Wildman–Crippen LogP) is 3.32. The van der Waals surface area contributed by atoms with E-state index in [1.807, 2.05) is 32.2 Å². The van der Waals surface area contributed by atoms with Crippen molar-refractivity contribution in [1.82, 2.24) is 15.5 Å². The van der Waals surface area contributed by atoms with Crippen LogP contribution in [0.1, 0.15) is 35.5 Å². The zero-order chi connectivity index (χ0) is 15.4. The molecule has 5 heteroatoms. The van der Waals surface area contributed by atoms with Gasteiger partial charge in [0.2, 0.25) is 0 Å². The van der Waals surface area contributed by atoms with E-state index < -0.39 is 0 Å². The average molecular weight is 306 g/mol. The average Bonchev–Trinajstić information content (AvgIpc) is 2.48. The van der Waals surface area contributed by atoms with Crippen LogP contribution in [0, 0.1) is 6.92 Å². The molecule has 1 aromatic heterocycles. The fourth-order valence-electron chi connectivity index (χ4n) is 2.47. The van der Waals surface area contributed by atoms with E-state index in [0.717, 1.165) is 34.7 Å². The van der Waals surface area contributed by atoms with Gasteiger partial charge in [-0.25, -0.2) is 0 Å². The summed E-state index contributed by atoms with van der Waals surface area (Å²) in [4.78, 5) is 0. The molecule has 112 valence electrons. The Morgan fingerprint density at radius 1 is 1.24 bits per heavy atom. The summed E-state index contributed by atoms with van der Waals surface area (Å²) in [6.07, 6.45) is 0.823. The lowest BCUT2D eigenvalue weighted by Gasteiger charge is -2.22. The van der Waals surface area contributed by atoms with Gasteiger partial charge in [-0.2, -0.15) is 10.2 Å². The maximum atomic E-state index is 6.16. The van der Waals surface area contributed by atoms with E-state index >= 15 is 0 Å². The SMILES string of the molecule is CCc1nnc(C)cc1C(NC)c1cc(Cl)ccc1OC. The van der Waals surface area contributed by atoms with Crippen molar-refractivity contribution in [1.29, 1.82) is 0 Å². The Balaban J connectivity index is 2.59. The van der Waals surface area contributed by atoms with Crippen LogP contribution in [0.5, 0.6) is 5.75 Å². The van der Waals surface area contributed by atoms with E-state index in [9.17, 15) is 0 Å². The molecule has 1 N–H and O–H groups in total. The first kappa shape index (κ1) is 15.7. The first-order chi connectivity index (χ1) is 10.1. The Kier molecular flexibility index (Phi) is 5.15. The van der Waals surface area contributed by atoms with Gasteiger partial charge in [-0.3, -0.25) is 0 Å². The lowest BCUT2D eigenvalue weighted by atomic mass is 9.95. The molecule has 0 aliphatic heterocycles. The van der Waals surface area contributed by atoms with Crippen LogP contribution >= 0.6 is 11.6 Å². The molecule has 0 spiro atoms. The minimum Gasteiger partial charge on any atom is -0.496 e. The molecular weight excluding hydrogens is 286 g/mol. The number of rotatable bonds is 5. The van der Waals surface area contributed by atoms with Crippen LogP contribution in [0.3, 0.4) is 0 Å². The van der Waals surface area contributed by atoms with Crippen LogP contribution in [0.2, 0.25) is 5.02 Å². The predicted molar refractivity (Wildman–Crippen MR) is 85.1 cm³/mol. The van der Waals surface area contributed by atoms with E-state index in [1.54, 1.807) is 7.11 Å². The summed E-state index contributed by atoms with van der Waals surface area (Å²) in [7, 11) is 3.58. The standard InChI is InChI=1S/C16H20ClN3O/c1-5-14-12(8-10(2)19-20-14)16(18-3)13-9-11(17)6-7-15(13)21-4/h6-9,16,18H,5H2,1-4H3. The second-order valence-electron chi connectivity index (χ2n) is 4.85. The highest BCUT2D eigenvalue weighted by Gasteiger charge is 2.20. The zero-order valence-electron chi connectivity index (χ0n) is 12.8. The molecule has 21 heavy (non-hydrogen) atoms. The number of aromatic nitrogens is 2. The van der Waals surface area contributed by atoms with Gasteiger partial charge >= 0.3 is 0 Å². The molecular formula is C16H20ClN3O. The quantitative estimate of drug-likeness (QED) is 0.920. The molecule has 2 rings (SSSR count). The van der Waals surface area contributed by atoms with Gasteiger partial charge in [-0.1, -0.05) is 18.5 Å². The van der Waals surface area contributed by atoms with Gasteiger partial charge in [-0.15, -0.1) is 0 Å². The maximum Gasteiger partial charge on any atom is 0.124 e. The van der Waals surface area contributed by atoms with Gasteiger partial charge in [0.05, 0.1) is 24.5 Å². The summed E-state index contributed by atoms with van der Waals surface area (Å²) in [5, 5.41) is 12.5. The van der Waals surface area contributed by atoms with E-state index in [0.29, 0.717) is 5.02 Å². The third kappa shape index (κ3) is 3.34. The van der Waals surface area contributed by atoms with Crippen molar-refractivity contribution in [3.05, 3.63) is 51.8 Å². The molecule has 1 aromatic carbocycles. The van der Waals surface area contributed by atoms with Gasteiger partial charge in [0.15, 0.2) is 0 Å². The van der Waals surface area contributed by atoms with Gasteiger partial charge in [0, 0.05) is 10.6 Å². The van der Waals surface area contributed by atoms with Crippen molar-refractivity contribution in [3.8, 4) is 5.75 Å². The Bertz CT molecular complexity index is 577. The lowest BCUT2D eigenvalue weighted by molar-refractivity contribution is 0.405. The van der Waals surface area contributed by atoms with Crippen LogP contribution in [0.15, 0.2) is 24.3 Å². The molecule has 1 atom stereocenters. The zero-order valence-corrected chi connectivity index (χ0v) is 13.5. The summed E-state index contributed by atoms with van der Waals surface area (Å²) in [6.45, 7) is 4.02. The number of aryl methyl sites for hydroxylation is 2. The van der Waals surface area contributed by atoms with Crippen LogP contribution < -0.4 is 10.1 Å². The van der Waals surface area contributed by atoms with Crippen LogP contribution in [-0.2, 0) is 6.42 Å². The number of benzene rings is 1. The summed E-state index contributed by atoms with van der Waals surface area (Å²) in [5.41, 5.74) is 3.97. The third-order valence-electron chi connectivity index (χ3n) is 3.46. The minimum atomic E-state index is -0.0391. The monoisotopic (exact) mass is 305 g/mol. The third-order valence-corrected chi connectivity index (χ3v) is 3.70. The van der Waals surface area contributed by atoms with E-state index in [1.165, 1.54) is 0 Å². The number of nitrogens with one attached hydrogen (secondary N) is 1. The summed E-state index contributed by atoms with van der Waals surface area (Å²) < 4.78 is 5.47. The molecule has 0 radical (unpaired) electrons. The number of hydrogen-bond donors (Lipinski definition) is 1. The number of hydrogen-bond acceptors (Lipinski definition) is 4. The molecule has 0 saturated carbocycles. The Morgan fingerprint density at radius 2 is 2.00 bits per heavy atom. The van der Waals surface area contributed by atoms with Crippen molar-refractivity contribution >= 4 is 11.6 Å². The molecule has 0 amide bonds. The number of nitrogens with zero attached hydrogens (tertiary/aromatic N) is 2. The van der Waals surface area contributed by atoms with E-state index in [-0.39, 0.29) is 6.04 Å². The number of halogens is 1. The highest BCUT2D eigenvalue weighted by atomic mass is 35.5. The first-order valence-electron chi connectivity index (χ1n) is 6.94. The molecule has 0 aliphatic rings. The van der Waals surface area contributed by atoms with Crippen molar-refractivity contribution < 1.29 is 4.74 Å². The lowest BCUT2D eigenvalue weighted by Crippen LogP contribution is -2.21. The van der Waals surface area contributed by atoms with E-state index in [4.69, 9.17) is 16.3 Å². The van der Waals surface area contributed by atoms with Crippen molar-refractivity contribution in [2.75, 3.05) is 14.2 Å². The normalized spacial score (nSPS) is 12.2. The highest BCUT2D eigenvalue weighted by molar-refractivity contribution is 6.30. The fraction of sp³-hybridized carbons (Fsp3) is 0.375. The summed E-state index contributed by atoms with van der Waals surface area (Å²) >= 11 is 6.16. The molecule has 2 aromatic rings. The molecule has 0 aliphatic carbocycles. The fourth-order valence-corrected chi connectivity index (χ4v) is 2.65. The number of methoxy groups -OCH3 is 1. The molecule has 1 heterocycles. The second kappa shape index (κ2) is 6.87. The van der Waals surface area contributed by atoms with Gasteiger partial charge in [0.1, 0.15) is 5.75 Å². The van der Waals surface area contributed by atoms with Gasteiger partial charge < -0.3 is 10.1 Å². The smallest absolute Gasteiger partial charge is 0.124 e. The number of ether oxygens (including phenoxy) is 1. The molecule has 0 fully saturated rings. The van der Waals surface area contributed by atoms with E-state index in [2.05, 4.69) is 28.5 Å². The van der Waals surface area contributed by atoms with Crippen LogP contribution in [0.25, 0.3) is 0 Å². The van der Waals surface area contributed by atoms with Crippen molar-refractivity contribution in [2.24, 2.45) is 0 Å². The van der Waals surface area contributed by atoms with Crippen LogP contribution in [0.4, 0.5) is 0 Å². The second-order valence-corrected chi connectivity index (χ2v) is 5.29. The largest absolute Gasteiger partial charge is 0.496 e. The summed E-state index contributed by atoms with van der Waals surface area (Å²) in [5.74, 6) is 0.801. The molecule has 4 nitrogen and oxygen atoms in total. The molecule has 0 bridgehead atoms. The topological polar surface area (TPSA) is 47.0 Å². The Hall–Kier alpha value is -1.65. The first-order valence-corrected chi connectivity index (χ1v) is 7.32. The molecule has 1 unspecified atom stereocenters. The van der Waals surface area contributed by atoms with Crippen LogP contribution in [-0.4, -0.2) is 24.4 Å². The Morgan fingerprint density at radius 3 is 2.62 bits per heavy atom. The van der Waals surface area contributed by atoms with Gasteiger partial charge in [-0.05, 0) is 50.2 Å². The summed E-state index contributed by atoms with van der Waals surface area (Å²) in [6, 6.07) is 7.66.